The van der Waals surface area contributed by atoms with Gasteiger partial charge in [-0.05, 0) is 49.5 Å². The van der Waals surface area contributed by atoms with Crippen LogP contribution in [0.15, 0.2) is 24.3 Å². The Morgan fingerprint density at radius 3 is 2.80 bits per heavy atom. The maximum Gasteiger partial charge on any atom is 0.115 e. The number of aromatic hydroxyl groups is 1. The summed E-state index contributed by atoms with van der Waals surface area (Å²) in [7, 11) is 0. The largest absolute Gasteiger partial charge is 0.508 e. The zero-order chi connectivity index (χ0) is 11.1. The first-order chi connectivity index (χ1) is 7.18. The minimum Gasteiger partial charge on any atom is -0.508 e. The molecule has 1 aromatic carbocycles. The van der Waals surface area contributed by atoms with Gasteiger partial charge in [-0.25, -0.2) is 0 Å². The number of phenols is 1. The van der Waals surface area contributed by atoms with Gasteiger partial charge in [-0.2, -0.15) is 0 Å². The fraction of sp³-hybridized carbons (Fsp3) is 0.538. The molecule has 0 aliphatic rings. The predicted octanol–water partition coefficient (Wildman–Crippen LogP) is 2.57. The van der Waals surface area contributed by atoms with E-state index >= 15 is 0 Å². The lowest BCUT2D eigenvalue weighted by Gasteiger charge is -2.07. The molecular weight excluding hydrogens is 186 g/mol. The second-order valence-corrected chi connectivity index (χ2v) is 4.37. The molecule has 0 aliphatic carbocycles. The molecule has 1 aromatic rings. The van der Waals surface area contributed by atoms with Crippen molar-refractivity contribution in [2.45, 2.75) is 26.7 Å². The molecule has 0 heterocycles. The lowest BCUT2D eigenvalue weighted by atomic mass is 10.1. The van der Waals surface area contributed by atoms with Gasteiger partial charge in [0, 0.05) is 0 Å². The minimum atomic E-state index is 0.364. The van der Waals surface area contributed by atoms with E-state index in [1.807, 2.05) is 12.1 Å². The van der Waals surface area contributed by atoms with Gasteiger partial charge in [0.15, 0.2) is 0 Å². The van der Waals surface area contributed by atoms with Crippen LogP contribution >= 0.6 is 0 Å². The standard InChI is InChI=1S/C13H21NO/c1-11(2)10-14-8-4-6-12-5-3-7-13(15)9-12/h3,5,7,9,11,14-15H,4,6,8,10H2,1-2H3. The predicted molar refractivity (Wildman–Crippen MR) is 64.1 cm³/mol. The summed E-state index contributed by atoms with van der Waals surface area (Å²) in [6, 6.07) is 7.50. The number of aryl methyl sites for hydroxylation is 1. The highest BCUT2D eigenvalue weighted by molar-refractivity contribution is 5.27. The number of hydrogen-bond donors (Lipinski definition) is 2. The average molecular weight is 207 g/mol. The first-order valence-electron chi connectivity index (χ1n) is 5.67. The van der Waals surface area contributed by atoms with Gasteiger partial charge in [-0.3, -0.25) is 0 Å². The van der Waals surface area contributed by atoms with Gasteiger partial charge >= 0.3 is 0 Å². The van der Waals surface area contributed by atoms with Gasteiger partial charge in [-0.1, -0.05) is 26.0 Å². The van der Waals surface area contributed by atoms with Crippen molar-refractivity contribution in [3.8, 4) is 5.75 Å². The Balaban J connectivity index is 2.15. The van der Waals surface area contributed by atoms with Crippen LogP contribution in [0, 0.1) is 5.92 Å². The third-order valence-electron chi connectivity index (χ3n) is 2.28. The van der Waals surface area contributed by atoms with Gasteiger partial charge in [0.05, 0.1) is 0 Å². The second-order valence-electron chi connectivity index (χ2n) is 4.37. The Labute approximate surface area is 92.3 Å². The van der Waals surface area contributed by atoms with E-state index in [2.05, 4.69) is 25.2 Å². The molecule has 0 spiro atoms. The fourth-order valence-electron chi connectivity index (χ4n) is 1.52. The molecule has 0 atom stereocenters. The molecular formula is C13H21NO. The van der Waals surface area contributed by atoms with E-state index in [0.717, 1.165) is 25.9 Å². The smallest absolute Gasteiger partial charge is 0.115 e. The molecule has 0 aromatic heterocycles. The molecule has 0 bridgehead atoms. The van der Waals surface area contributed by atoms with Gasteiger partial charge in [0.25, 0.3) is 0 Å². The molecule has 0 radical (unpaired) electrons. The van der Waals surface area contributed by atoms with Crippen molar-refractivity contribution in [2.24, 2.45) is 5.92 Å². The number of rotatable bonds is 6. The van der Waals surface area contributed by atoms with E-state index in [9.17, 15) is 5.11 Å². The number of hydrogen-bond acceptors (Lipinski definition) is 2. The number of nitrogens with one attached hydrogen (secondary N) is 1. The van der Waals surface area contributed by atoms with Crippen LogP contribution in [0.1, 0.15) is 25.8 Å². The summed E-state index contributed by atoms with van der Waals surface area (Å²) in [4.78, 5) is 0. The van der Waals surface area contributed by atoms with E-state index in [1.165, 1.54) is 5.56 Å². The molecule has 15 heavy (non-hydrogen) atoms. The fourth-order valence-corrected chi connectivity index (χ4v) is 1.52. The topological polar surface area (TPSA) is 32.3 Å². The highest BCUT2D eigenvalue weighted by Gasteiger charge is 1.96. The number of phenolic OH excluding ortho intramolecular Hbond substituents is 1. The van der Waals surface area contributed by atoms with E-state index in [0.29, 0.717) is 11.7 Å². The van der Waals surface area contributed by atoms with Gasteiger partial charge in [-0.15, -0.1) is 0 Å². The molecule has 2 N–H and O–H groups in total. The van der Waals surface area contributed by atoms with Crippen molar-refractivity contribution in [1.29, 1.82) is 0 Å². The first kappa shape index (κ1) is 12.1. The van der Waals surface area contributed by atoms with Crippen LogP contribution in [0.4, 0.5) is 0 Å². The van der Waals surface area contributed by atoms with Gasteiger partial charge < -0.3 is 10.4 Å². The Kier molecular flexibility index (Phi) is 5.19. The minimum absolute atomic E-state index is 0.364. The molecule has 0 unspecified atom stereocenters. The maximum absolute atomic E-state index is 9.27. The van der Waals surface area contributed by atoms with Crippen molar-refractivity contribution in [1.82, 2.24) is 5.32 Å². The highest BCUT2D eigenvalue weighted by Crippen LogP contribution is 2.11. The molecule has 0 saturated heterocycles. The van der Waals surface area contributed by atoms with Crippen molar-refractivity contribution in [2.75, 3.05) is 13.1 Å². The quantitative estimate of drug-likeness (QED) is 0.703. The van der Waals surface area contributed by atoms with Crippen LogP contribution in [-0.4, -0.2) is 18.2 Å². The van der Waals surface area contributed by atoms with Crippen LogP contribution in [0.2, 0.25) is 0 Å². The van der Waals surface area contributed by atoms with Crippen LogP contribution in [0.25, 0.3) is 0 Å². The molecule has 0 fully saturated rings. The van der Waals surface area contributed by atoms with Crippen LogP contribution in [0.3, 0.4) is 0 Å². The van der Waals surface area contributed by atoms with Crippen LogP contribution in [-0.2, 0) is 6.42 Å². The van der Waals surface area contributed by atoms with Gasteiger partial charge in [0.1, 0.15) is 5.75 Å². The van der Waals surface area contributed by atoms with Crippen molar-refractivity contribution >= 4 is 0 Å². The molecule has 2 heteroatoms. The Morgan fingerprint density at radius 1 is 1.33 bits per heavy atom. The normalized spacial score (nSPS) is 10.9. The summed E-state index contributed by atoms with van der Waals surface area (Å²) in [5.41, 5.74) is 1.21. The number of benzene rings is 1. The van der Waals surface area contributed by atoms with E-state index in [4.69, 9.17) is 0 Å². The van der Waals surface area contributed by atoms with E-state index in [-0.39, 0.29) is 0 Å². The monoisotopic (exact) mass is 207 g/mol. The summed E-state index contributed by atoms with van der Waals surface area (Å²) in [6.45, 7) is 6.55. The Morgan fingerprint density at radius 2 is 2.13 bits per heavy atom. The van der Waals surface area contributed by atoms with E-state index in [1.54, 1.807) is 6.07 Å². The van der Waals surface area contributed by atoms with Crippen molar-refractivity contribution in [3.63, 3.8) is 0 Å². The zero-order valence-corrected chi connectivity index (χ0v) is 9.66. The van der Waals surface area contributed by atoms with Gasteiger partial charge in [0.2, 0.25) is 0 Å². The Bertz CT molecular complexity index is 284. The lowest BCUT2D eigenvalue weighted by Crippen LogP contribution is -2.21. The van der Waals surface area contributed by atoms with Crippen molar-refractivity contribution < 1.29 is 5.11 Å². The SMILES string of the molecule is CC(C)CNCCCc1cccc(O)c1. The van der Waals surface area contributed by atoms with Crippen LogP contribution in [0.5, 0.6) is 5.75 Å². The Hall–Kier alpha value is -1.02. The summed E-state index contributed by atoms with van der Waals surface area (Å²) < 4.78 is 0. The van der Waals surface area contributed by atoms with Crippen LogP contribution < -0.4 is 5.32 Å². The first-order valence-corrected chi connectivity index (χ1v) is 5.67. The summed E-state index contributed by atoms with van der Waals surface area (Å²) >= 11 is 0. The molecule has 1 rings (SSSR count). The van der Waals surface area contributed by atoms with E-state index < -0.39 is 0 Å². The molecule has 0 saturated carbocycles. The zero-order valence-electron chi connectivity index (χ0n) is 9.66. The molecule has 0 amide bonds. The molecule has 2 nitrogen and oxygen atoms in total. The molecule has 84 valence electrons. The lowest BCUT2D eigenvalue weighted by molar-refractivity contribution is 0.474. The maximum atomic E-state index is 9.27. The highest BCUT2D eigenvalue weighted by atomic mass is 16.3. The molecule has 0 aliphatic heterocycles. The average Bonchev–Trinajstić information content (AvgIpc) is 2.17. The third-order valence-corrected chi connectivity index (χ3v) is 2.28. The van der Waals surface area contributed by atoms with Crippen molar-refractivity contribution in [3.05, 3.63) is 29.8 Å². The second kappa shape index (κ2) is 6.46. The summed E-state index contributed by atoms with van der Waals surface area (Å²) in [5, 5.41) is 12.7. The summed E-state index contributed by atoms with van der Waals surface area (Å²) in [5.74, 6) is 1.08. The summed E-state index contributed by atoms with van der Waals surface area (Å²) in [6.07, 6.45) is 2.15. The third kappa shape index (κ3) is 5.43.